The topological polar surface area (TPSA) is 82.5 Å². The van der Waals surface area contributed by atoms with Crippen LogP contribution in [0.4, 0.5) is 4.79 Å². The Kier molecular flexibility index (Phi) is 6.65. The standard InChI is InChI=1S/C15H23N3O3/c1-11(2)13(10-14(19)20)17-15(21)18(3)9-6-12-4-7-16-8-5-12/h4-5,7-8,11,13H,6,9-10H2,1-3H3,(H,17,21)(H,19,20). The zero-order valence-corrected chi connectivity index (χ0v) is 12.7. The van der Waals surface area contributed by atoms with Crippen LogP contribution in [0.3, 0.4) is 0 Å². The number of nitrogens with zero attached hydrogens (tertiary/aromatic N) is 2. The molecule has 0 radical (unpaired) electrons. The van der Waals surface area contributed by atoms with E-state index in [0.717, 1.165) is 12.0 Å². The zero-order valence-electron chi connectivity index (χ0n) is 12.7. The summed E-state index contributed by atoms with van der Waals surface area (Å²) in [7, 11) is 1.70. The SMILES string of the molecule is CC(C)C(CC(=O)O)NC(=O)N(C)CCc1ccncc1. The van der Waals surface area contributed by atoms with Gasteiger partial charge in [-0.25, -0.2) is 4.79 Å². The summed E-state index contributed by atoms with van der Waals surface area (Å²) in [5.74, 6) is -0.841. The highest BCUT2D eigenvalue weighted by Crippen LogP contribution is 2.07. The highest BCUT2D eigenvalue weighted by Gasteiger charge is 2.20. The monoisotopic (exact) mass is 293 g/mol. The number of pyridine rings is 1. The number of nitrogens with one attached hydrogen (secondary N) is 1. The molecule has 0 aliphatic heterocycles. The molecule has 1 unspecified atom stereocenters. The van der Waals surface area contributed by atoms with E-state index in [4.69, 9.17) is 5.11 Å². The first-order valence-corrected chi connectivity index (χ1v) is 7.02. The van der Waals surface area contributed by atoms with E-state index in [9.17, 15) is 9.59 Å². The second kappa shape index (κ2) is 8.24. The average molecular weight is 293 g/mol. The molecule has 0 saturated heterocycles. The Hall–Kier alpha value is -2.11. The molecule has 1 heterocycles. The van der Waals surface area contributed by atoms with Gasteiger partial charge in [-0.2, -0.15) is 0 Å². The van der Waals surface area contributed by atoms with Gasteiger partial charge in [0.05, 0.1) is 6.42 Å². The Bertz CT molecular complexity index is 462. The minimum Gasteiger partial charge on any atom is -0.481 e. The van der Waals surface area contributed by atoms with Crippen LogP contribution in [0, 0.1) is 5.92 Å². The molecule has 0 spiro atoms. The van der Waals surface area contributed by atoms with Crippen molar-refractivity contribution in [1.82, 2.24) is 15.2 Å². The van der Waals surface area contributed by atoms with Crippen molar-refractivity contribution in [3.8, 4) is 0 Å². The predicted octanol–water partition coefficient (Wildman–Crippen LogP) is 1.76. The smallest absolute Gasteiger partial charge is 0.317 e. The number of rotatable bonds is 7. The van der Waals surface area contributed by atoms with Crippen LogP contribution >= 0.6 is 0 Å². The van der Waals surface area contributed by atoms with Crippen molar-refractivity contribution in [2.24, 2.45) is 5.92 Å². The lowest BCUT2D eigenvalue weighted by Crippen LogP contribution is -2.46. The first-order chi connectivity index (χ1) is 9.90. The van der Waals surface area contributed by atoms with Gasteiger partial charge in [0.2, 0.25) is 0 Å². The lowest BCUT2D eigenvalue weighted by Gasteiger charge is -2.25. The molecule has 0 aliphatic carbocycles. The van der Waals surface area contributed by atoms with Crippen LogP contribution in [-0.4, -0.2) is 46.6 Å². The van der Waals surface area contributed by atoms with Crippen LogP contribution in [0.1, 0.15) is 25.8 Å². The molecular weight excluding hydrogens is 270 g/mol. The van der Waals surface area contributed by atoms with Gasteiger partial charge in [-0.1, -0.05) is 13.8 Å². The van der Waals surface area contributed by atoms with Crippen molar-refractivity contribution in [2.75, 3.05) is 13.6 Å². The van der Waals surface area contributed by atoms with Gasteiger partial charge in [0.25, 0.3) is 0 Å². The molecule has 0 bridgehead atoms. The Morgan fingerprint density at radius 3 is 2.48 bits per heavy atom. The number of likely N-dealkylation sites (N-methyl/N-ethyl adjacent to an activating group) is 1. The van der Waals surface area contributed by atoms with Crippen LogP contribution in [0.2, 0.25) is 0 Å². The molecule has 1 aromatic rings. The van der Waals surface area contributed by atoms with E-state index in [0.29, 0.717) is 6.54 Å². The molecule has 0 aliphatic rings. The third-order valence-corrected chi connectivity index (χ3v) is 3.34. The molecule has 1 atom stereocenters. The molecule has 1 rings (SSSR count). The van der Waals surface area contributed by atoms with Gasteiger partial charge >= 0.3 is 12.0 Å². The van der Waals surface area contributed by atoms with Gasteiger partial charge in [0.15, 0.2) is 0 Å². The molecular formula is C15H23N3O3. The molecule has 116 valence electrons. The maximum atomic E-state index is 12.1. The fourth-order valence-electron chi connectivity index (χ4n) is 1.86. The molecule has 6 heteroatoms. The third-order valence-electron chi connectivity index (χ3n) is 3.34. The summed E-state index contributed by atoms with van der Waals surface area (Å²) in [5, 5.41) is 11.6. The molecule has 0 aromatic carbocycles. The number of aliphatic carboxylic acids is 1. The fourth-order valence-corrected chi connectivity index (χ4v) is 1.86. The van der Waals surface area contributed by atoms with Crippen molar-refractivity contribution in [1.29, 1.82) is 0 Å². The number of carboxylic acids is 1. The van der Waals surface area contributed by atoms with Gasteiger partial charge in [-0.3, -0.25) is 9.78 Å². The van der Waals surface area contributed by atoms with Gasteiger partial charge < -0.3 is 15.3 Å². The summed E-state index contributed by atoms with van der Waals surface area (Å²) < 4.78 is 0. The number of amides is 2. The second-order valence-electron chi connectivity index (χ2n) is 5.42. The van der Waals surface area contributed by atoms with Gasteiger partial charge in [0.1, 0.15) is 0 Å². The summed E-state index contributed by atoms with van der Waals surface area (Å²) in [6.45, 7) is 4.35. The number of aromatic nitrogens is 1. The van der Waals surface area contributed by atoms with Crippen molar-refractivity contribution in [3.05, 3.63) is 30.1 Å². The van der Waals surface area contributed by atoms with E-state index >= 15 is 0 Å². The van der Waals surface area contributed by atoms with Crippen LogP contribution in [0.25, 0.3) is 0 Å². The normalized spacial score (nSPS) is 12.0. The summed E-state index contributed by atoms with van der Waals surface area (Å²) in [5.41, 5.74) is 1.11. The van der Waals surface area contributed by atoms with Crippen molar-refractivity contribution in [2.45, 2.75) is 32.7 Å². The van der Waals surface area contributed by atoms with Gasteiger partial charge in [0, 0.05) is 32.0 Å². The highest BCUT2D eigenvalue weighted by atomic mass is 16.4. The van der Waals surface area contributed by atoms with Crippen LogP contribution in [-0.2, 0) is 11.2 Å². The van der Waals surface area contributed by atoms with Crippen molar-refractivity contribution < 1.29 is 14.7 Å². The lowest BCUT2D eigenvalue weighted by atomic mass is 10.0. The van der Waals surface area contributed by atoms with E-state index < -0.39 is 5.97 Å². The van der Waals surface area contributed by atoms with Crippen LogP contribution in [0.15, 0.2) is 24.5 Å². The van der Waals surface area contributed by atoms with Gasteiger partial charge in [-0.15, -0.1) is 0 Å². The average Bonchev–Trinajstić information content (AvgIpc) is 2.44. The first kappa shape index (κ1) is 16.9. The number of urea groups is 1. The summed E-state index contributed by atoms with van der Waals surface area (Å²) in [6, 6.07) is 3.21. The second-order valence-corrected chi connectivity index (χ2v) is 5.42. The lowest BCUT2D eigenvalue weighted by molar-refractivity contribution is -0.137. The van der Waals surface area contributed by atoms with E-state index in [-0.39, 0.29) is 24.4 Å². The van der Waals surface area contributed by atoms with E-state index in [1.165, 1.54) is 0 Å². The molecule has 1 aromatic heterocycles. The number of hydrogen-bond acceptors (Lipinski definition) is 3. The van der Waals surface area contributed by atoms with E-state index in [1.54, 1.807) is 24.3 Å². The number of carbonyl (C=O) groups is 2. The third kappa shape index (κ3) is 6.25. The Balaban J connectivity index is 2.47. The summed E-state index contributed by atoms with van der Waals surface area (Å²) in [6.07, 6.45) is 4.10. The van der Waals surface area contributed by atoms with Gasteiger partial charge in [-0.05, 0) is 30.0 Å². The molecule has 2 amide bonds. The largest absolute Gasteiger partial charge is 0.481 e. The summed E-state index contributed by atoms with van der Waals surface area (Å²) in [4.78, 5) is 28.4. The Labute approximate surface area is 125 Å². The van der Waals surface area contributed by atoms with E-state index in [1.807, 2.05) is 26.0 Å². The fraction of sp³-hybridized carbons (Fsp3) is 0.533. The molecule has 0 fully saturated rings. The minimum atomic E-state index is -0.909. The molecule has 0 saturated carbocycles. The van der Waals surface area contributed by atoms with Crippen LogP contribution < -0.4 is 5.32 Å². The quantitative estimate of drug-likeness (QED) is 0.802. The number of carboxylic acid groups (broad SMARTS) is 1. The van der Waals surface area contributed by atoms with E-state index in [2.05, 4.69) is 10.3 Å². The molecule has 2 N–H and O–H groups in total. The number of hydrogen-bond donors (Lipinski definition) is 2. The minimum absolute atomic E-state index is 0.0679. The molecule has 6 nitrogen and oxygen atoms in total. The maximum Gasteiger partial charge on any atom is 0.317 e. The number of carbonyl (C=O) groups excluding carboxylic acids is 1. The maximum absolute atomic E-state index is 12.1. The highest BCUT2D eigenvalue weighted by molar-refractivity contribution is 5.75. The van der Waals surface area contributed by atoms with Crippen LogP contribution in [0.5, 0.6) is 0 Å². The Morgan fingerprint density at radius 2 is 1.95 bits per heavy atom. The zero-order chi connectivity index (χ0) is 15.8. The molecule has 21 heavy (non-hydrogen) atoms. The predicted molar refractivity (Wildman–Crippen MR) is 80.0 cm³/mol. The Morgan fingerprint density at radius 1 is 1.33 bits per heavy atom. The summed E-state index contributed by atoms with van der Waals surface area (Å²) >= 11 is 0. The first-order valence-electron chi connectivity index (χ1n) is 7.02. The van der Waals surface area contributed by atoms with Crippen molar-refractivity contribution >= 4 is 12.0 Å². The van der Waals surface area contributed by atoms with Crippen molar-refractivity contribution in [3.63, 3.8) is 0 Å².